The average molecular weight is 246 g/mol. The van der Waals surface area contributed by atoms with E-state index in [4.69, 9.17) is 0 Å². The molecule has 0 spiro atoms. The number of rotatable bonds is 2. The maximum absolute atomic E-state index is 4.58. The fourth-order valence-corrected chi connectivity index (χ4v) is 2.28. The Morgan fingerprint density at radius 1 is 1.39 bits per heavy atom. The molecule has 2 aromatic heterocycles. The Morgan fingerprint density at radius 2 is 2.22 bits per heavy atom. The molecule has 0 unspecified atom stereocenters. The van der Waals surface area contributed by atoms with Crippen molar-refractivity contribution in [3.05, 3.63) is 11.8 Å². The monoisotopic (exact) mass is 246 g/mol. The summed E-state index contributed by atoms with van der Waals surface area (Å²) in [5, 5.41) is 12.3. The highest BCUT2D eigenvalue weighted by molar-refractivity contribution is 5.56. The van der Waals surface area contributed by atoms with Crippen LogP contribution in [0.2, 0.25) is 0 Å². The normalized spacial score (nSPS) is 14.7. The van der Waals surface area contributed by atoms with Crippen molar-refractivity contribution in [2.75, 3.05) is 11.9 Å². The Hall–Kier alpha value is -1.85. The molecule has 0 fully saturated rings. The number of hydrogen-bond acceptors (Lipinski definition) is 4. The molecule has 0 bridgehead atoms. The fourth-order valence-electron chi connectivity index (χ4n) is 2.28. The molecule has 96 valence electrons. The van der Waals surface area contributed by atoms with Crippen molar-refractivity contribution in [1.29, 1.82) is 0 Å². The summed E-state index contributed by atoms with van der Waals surface area (Å²) in [6.07, 6.45) is 2.97. The van der Waals surface area contributed by atoms with E-state index in [1.165, 1.54) is 0 Å². The Labute approximate surface area is 106 Å². The van der Waals surface area contributed by atoms with Crippen LogP contribution in [0.15, 0.2) is 6.20 Å². The first-order chi connectivity index (χ1) is 8.66. The van der Waals surface area contributed by atoms with E-state index in [1.807, 2.05) is 15.6 Å². The quantitative estimate of drug-likeness (QED) is 0.878. The molecular weight excluding hydrogens is 228 g/mol. The summed E-state index contributed by atoms with van der Waals surface area (Å²) in [5.74, 6) is 1.63. The van der Waals surface area contributed by atoms with Crippen molar-refractivity contribution in [2.24, 2.45) is 0 Å². The summed E-state index contributed by atoms with van der Waals surface area (Å²) in [4.78, 5) is 4.58. The predicted octanol–water partition coefficient (Wildman–Crippen LogP) is 1.85. The van der Waals surface area contributed by atoms with Crippen LogP contribution in [0.3, 0.4) is 0 Å². The van der Waals surface area contributed by atoms with Gasteiger partial charge in [-0.15, -0.1) is 5.10 Å². The molecule has 0 aromatic carbocycles. The summed E-state index contributed by atoms with van der Waals surface area (Å²) < 4.78 is 3.92. The molecule has 18 heavy (non-hydrogen) atoms. The number of aryl methyl sites for hydroxylation is 2. The van der Waals surface area contributed by atoms with E-state index in [1.54, 1.807) is 0 Å². The van der Waals surface area contributed by atoms with Crippen molar-refractivity contribution < 1.29 is 0 Å². The minimum Gasteiger partial charge on any atom is -0.354 e. The van der Waals surface area contributed by atoms with Crippen LogP contribution >= 0.6 is 0 Å². The van der Waals surface area contributed by atoms with Gasteiger partial charge in [0.2, 0.25) is 11.8 Å². The van der Waals surface area contributed by atoms with Gasteiger partial charge in [-0.3, -0.25) is 4.68 Å². The van der Waals surface area contributed by atoms with Gasteiger partial charge in [-0.05, 0) is 32.8 Å². The highest BCUT2D eigenvalue weighted by atomic mass is 15.4. The van der Waals surface area contributed by atoms with Crippen LogP contribution in [0.5, 0.6) is 0 Å². The molecular formula is C12H18N6. The number of fused-ring (bicyclic) bond motifs is 1. The van der Waals surface area contributed by atoms with E-state index < -0.39 is 0 Å². The molecule has 6 heteroatoms. The summed E-state index contributed by atoms with van der Waals surface area (Å²) in [6, 6.07) is 0.308. The van der Waals surface area contributed by atoms with Crippen LogP contribution < -0.4 is 5.32 Å². The van der Waals surface area contributed by atoms with Gasteiger partial charge < -0.3 is 5.32 Å². The number of anilines is 1. The van der Waals surface area contributed by atoms with E-state index in [0.717, 1.165) is 42.5 Å². The summed E-state index contributed by atoms with van der Waals surface area (Å²) in [6.45, 7) is 8.19. The molecule has 0 saturated carbocycles. The number of hydrogen-bond donors (Lipinski definition) is 1. The van der Waals surface area contributed by atoms with E-state index in [9.17, 15) is 0 Å². The lowest BCUT2D eigenvalue weighted by molar-refractivity contribution is 0.534. The zero-order valence-corrected chi connectivity index (χ0v) is 11.0. The summed E-state index contributed by atoms with van der Waals surface area (Å²) in [5.41, 5.74) is 2.14. The molecule has 1 aliphatic rings. The highest BCUT2D eigenvalue weighted by Gasteiger charge is 2.20. The van der Waals surface area contributed by atoms with E-state index in [2.05, 4.69) is 41.3 Å². The largest absolute Gasteiger partial charge is 0.354 e. The van der Waals surface area contributed by atoms with Crippen molar-refractivity contribution >= 4 is 5.95 Å². The van der Waals surface area contributed by atoms with Crippen LogP contribution in [0, 0.1) is 6.92 Å². The summed E-state index contributed by atoms with van der Waals surface area (Å²) in [7, 11) is 0. The second-order valence-electron chi connectivity index (χ2n) is 4.98. The molecule has 2 aromatic rings. The van der Waals surface area contributed by atoms with E-state index in [0.29, 0.717) is 6.04 Å². The third-order valence-corrected chi connectivity index (χ3v) is 3.18. The number of nitrogens with zero attached hydrogens (tertiary/aromatic N) is 5. The second kappa shape index (κ2) is 4.12. The Balaban J connectivity index is 2.09. The van der Waals surface area contributed by atoms with Gasteiger partial charge in [-0.2, -0.15) is 10.1 Å². The first-order valence-electron chi connectivity index (χ1n) is 6.40. The first-order valence-corrected chi connectivity index (χ1v) is 6.40. The first kappa shape index (κ1) is 11.3. The lowest BCUT2D eigenvalue weighted by Gasteiger charge is -2.12. The lowest BCUT2D eigenvalue weighted by Crippen LogP contribution is -2.17. The smallest absolute Gasteiger partial charge is 0.221 e. The molecule has 6 nitrogen and oxygen atoms in total. The van der Waals surface area contributed by atoms with Crippen LogP contribution in [-0.2, 0) is 6.54 Å². The predicted molar refractivity (Wildman–Crippen MR) is 69.5 cm³/mol. The Kier molecular flexibility index (Phi) is 2.57. The van der Waals surface area contributed by atoms with Crippen molar-refractivity contribution in [2.45, 2.75) is 39.8 Å². The topological polar surface area (TPSA) is 60.6 Å². The highest BCUT2D eigenvalue weighted by Crippen LogP contribution is 2.25. The Morgan fingerprint density at radius 3 is 2.94 bits per heavy atom. The number of aromatic nitrogens is 5. The molecule has 3 rings (SSSR count). The van der Waals surface area contributed by atoms with Gasteiger partial charge in [-0.1, -0.05) is 0 Å². The molecule has 0 amide bonds. The minimum absolute atomic E-state index is 0.308. The molecule has 1 N–H and O–H groups in total. The van der Waals surface area contributed by atoms with Crippen LogP contribution in [-0.4, -0.2) is 31.1 Å². The van der Waals surface area contributed by atoms with Gasteiger partial charge in [0.1, 0.15) is 5.69 Å². The fraction of sp³-hybridized carbons (Fsp3) is 0.583. The Bertz CT molecular complexity index is 542. The van der Waals surface area contributed by atoms with Crippen molar-refractivity contribution in [3.63, 3.8) is 0 Å². The average Bonchev–Trinajstić information content (AvgIpc) is 2.91. The van der Waals surface area contributed by atoms with Crippen molar-refractivity contribution in [1.82, 2.24) is 24.5 Å². The number of nitrogens with one attached hydrogen (secondary N) is 1. The van der Waals surface area contributed by atoms with Gasteiger partial charge in [-0.25, -0.2) is 4.68 Å². The van der Waals surface area contributed by atoms with Crippen LogP contribution in [0.1, 0.15) is 31.9 Å². The lowest BCUT2D eigenvalue weighted by atomic mass is 10.2. The van der Waals surface area contributed by atoms with E-state index in [-0.39, 0.29) is 0 Å². The van der Waals surface area contributed by atoms with Gasteiger partial charge >= 0.3 is 0 Å². The molecule has 3 heterocycles. The molecule has 0 saturated heterocycles. The van der Waals surface area contributed by atoms with Gasteiger partial charge in [0.15, 0.2) is 0 Å². The molecule has 1 aliphatic heterocycles. The zero-order valence-electron chi connectivity index (χ0n) is 11.0. The van der Waals surface area contributed by atoms with Crippen LogP contribution in [0.25, 0.3) is 11.5 Å². The van der Waals surface area contributed by atoms with Crippen molar-refractivity contribution in [3.8, 4) is 11.5 Å². The zero-order chi connectivity index (χ0) is 12.7. The third kappa shape index (κ3) is 1.68. The molecule has 0 aliphatic carbocycles. The van der Waals surface area contributed by atoms with E-state index >= 15 is 0 Å². The summed E-state index contributed by atoms with van der Waals surface area (Å²) >= 11 is 0. The second-order valence-corrected chi connectivity index (χ2v) is 4.98. The van der Waals surface area contributed by atoms with Gasteiger partial charge in [0.05, 0.1) is 6.20 Å². The maximum Gasteiger partial charge on any atom is 0.221 e. The maximum atomic E-state index is 4.58. The molecule has 0 radical (unpaired) electrons. The molecule has 0 atom stereocenters. The van der Waals surface area contributed by atoms with Gasteiger partial charge in [0, 0.05) is 19.1 Å². The minimum atomic E-state index is 0.308. The SMILES string of the molecule is Cc1cnn(C(C)C)c1-c1nc2n(n1)CCCN2. The van der Waals surface area contributed by atoms with Crippen LogP contribution in [0.4, 0.5) is 5.95 Å². The third-order valence-electron chi connectivity index (χ3n) is 3.18. The van der Waals surface area contributed by atoms with Gasteiger partial charge in [0.25, 0.3) is 0 Å². The standard InChI is InChI=1S/C12H18N6/c1-8(2)18-10(9(3)7-14-18)11-15-12-13-5-4-6-17(12)16-11/h7-8H,4-6H2,1-3H3,(H,13,15,16).